The lowest BCUT2D eigenvalue weighted by atomic mass is 10.3. The molecule has 82 valence electrons. The standard InChI is InChI=1S/C12H9BrClNO/c13-9-6-7-12(11(14)8-9)16-15-10-4-2-1-3-5-10/h1-8,15H. The van der Waals surface area contributed by atoms with Crippen molar-refractivity contribution in [2.24, 2.45) is 0 Å². The van der Waals surface area contributed by atoms with Crippen LogP contribution in [0.3, 0.4) is 0 Å². The van der Waals surface area contributed by atoms with Gasteiger partial charge in [-0.15, -0.1) is 0 Å². The highest BCUT2D eigenvalue weighted by atomic mass is 79.9. The van der Waals surface area contributed by atoms with E-state index in [0.29, 0.717) is 10.8 Å². The molecule has 0 spiro atoms. The summed E-state index contributed by atoms with van der Waals surface area (Å²) in [7, 11) is 0. The molecule has 0 atom stereocenters. The first-order valence-corrected chi connectivity index (χ1v) is 5.86. The van der Waals surface area contributed by atoms with Crippen molar-refractivity contribution in [3.8, 4) is 5.75 Å². The zero-order chi connectivity index (χ0) is 11.4. The molecule has 0 amide bonds. The SMILES string of the molecule is Clc1cc(Br)ccc1ONc1ccccc1. The molecule has 0 bridgehead atoms. The van der Waals surface area contributed by atoms with Crippen LogP contribution in [0, 0.1) is 0 Å². The Balaban J connectivity index is 2.05. The monoisotopic (exact) mass is 297 g/mol. The lowest BCUT2D eigenvalue weighted by molar-refractivity contribution is 0.405. The molecule has 4 heteroatoms. The van der Waals surface area contributed by atoms with E-state index in [9.17, 15) is 0 Å². The summed E-state index contributed by atoms with van der Waals surface area (Å²) in [5.41, 5.74) is 3.70. The summed E-state index contributed by atoms with van der Waals surface area (Å²) >= 11 is 9.33. The third kappa shape index (κ3) is 2.90. The van der Waals surface area contributed by atoms with E-state index < -0.39 is 0 Å². The predicted octanol–water partition coefficient (Wildman–Crippen LogP) is 4.51. The average Bonchev–Trinajstić information content (AvgIpc) is 2.29. The van der Waals surface area contributed by atoms with Gasteiger partial charge in [0.1, 0.15) is 0 Å². The summed E-state index contributed by atoms with van der Waals surface area (Å²) < 4.78 is 0.921. The van der Waals surface area contributed by atoms with Crippen LogP contribution in [0.2, 0.25) is 5.02 Å². The smallest absolute Gasteiger partial charge is 0.173 e. The summed E-state index contributed by atoms with van der Waals surface area (Å²) in [6.45, 7) is 0. The molecule has 16 heavy (non-hydrogen) atoms. The Hall–Kier alpha value is -1.19. The number of rotatable bonds is 3. The summed E-state index contributed by atoms with van der Waals surface area (Å²) in [6, 6.07) is 15.1. The fraction of sp³-hybridized carbons (Fsp3) is 0. The van der Waals surface area contributed by atoms with Crippen molar-refractivity contribution in [3.63, 3.8) is 0 Å². The van der Waals surface area contributed by atoms with Crippen LogP contribution in [-0.2, 0) is 0 Å². The largest absolute Gasteiger partial charge is 0.381 e. The Kier molecular flexibility index (Phi) is 3.70. The van der Waals surface area contributed by atoms with E-state index >= 15 is 0 Å². The molecule has 0 aromatic heterocycles. The molecule has 0 fully saturated rings. The van der Waals surface area contributed by atoms with Gasteiger partial charge >= 0.3 is 0 Å². The van der Waals surface area contributed by atoms with E-state index in [1.165, 1.54) is 0 Å². The van der Waals surface area contributed by atoms with E-state index in [2.05, 4.69) is 21.4 Å². The molecule has 0 heterocycles. The van der Waals surface area contributed by atoms with Crippen LogP contribution in [0.1, 0.15) is 0 Å². The summed E-state index contributed by atoms with van der Waals surface area (Å²) in [6.07, 6.45) is 0. The molecule has 2 aromatic rings. The Morgan fingerprint density at radius 1 is 1.06 bits per heavy atom. The van der Waals surface area contributed by atoms with Crippen LogP contribution in [-0.4, -0.2) is 0 Å². The number of halogens is 2. The average molecular weight is 299 g/mol. The van der Waals surface area contributed by atoms with Gasteiger partial charge in [0, 0.05) is 4.47 Å². The molecule has 0 aliphatic heterocycles. The van der Waals surface area contributed by atoms with E-state index in [4.69, 9.17) is 16.4 Å². The second kappa shape index (κ2) is 5.23. The van der Waals surface area contributed by atoms with Crippen LogP contribution < -0.4 is 10.3 Å². The van der Waals surface area contributed by atoms with Crippen molar-refractivity contribution in [1.82, 2.24) is 0 Å². The molecule has 0 radical (unpaired) electrons. The summed E-state index contributed by atoms with van der Waals surface area (Å²) in [5.74, 6) is 0.591. The zero-order valence-electron chi connectivity index (χ0n) is 8.28. The number of para-hydroxylation sites is 1. The number of hydrogen-bond donors (Lipinski definition) is 1. The first kappa shape index (κ1) is 11.3. The van der Waals surface area contributed by atoms with Crippen LogP contribution >= 0.6 is 27.5 Å². The normalized spacial score (nSPS) is 9.88. The van der Waals surface area contributed by atoms with Gasteiger partial charge in [-0.1, -0.05) is 45.7 Å². The highest BCUT2D eigenvalue weighted by molar-refractivity contribution is 9.10. The number of benzene rings is 2. The van der Waals surface area contributed by atoms with E-state index in [0.717, 1.165) is 10.2 Å². The van der Waals surface area contributed by atoms with Crippen molar-refractivity contribution in [3.05, 3.63) is 58.0 Å². The molecular formula is C12H9BrClNO. The maximum atomic E-state index is 6.00. The Labute approximate surface area is 107 Å². The Bertz CT molecular complexity index is 476. The minimum Gasteiger partial charge on any atom is -0.381 e. The number of hydrogen-bond acceptors (Lipinski definition) is 2. The van der Waals surface area contributed by atoms with Crippen molar-refractivity contribution >= 4 is 33.2 Å². The van der Waals surface area contributed by atoms with Crippen molar-refractivity contribution in [2.75, 3.05) is 5.48 Å². The molecule has 2 aromatic carbocycles. The highest BCUT2D eigenvalue weighted by Gasteiger charge is 2.02. The second-order valence-electron chi connectivity index (χ2n) is 3.14. The fourth-order valence-electron chi connectivity index (χ4n) is 1.18. The van der Waals surface area contributed by atoms with Gasteiger partial charge in [0.25, 0.3) is 0 Å². The van der Waals surface area contributed by atoms with Crippen molar-refractivity contribution < 1.29 is 4.84 Å². The quantitative estimate of drug-likeness (QED) is 0.842. The second-order valence-corrected chi connectivity index (χ2v) is 4.47. The van der Waals surface area contributed by atoms with E-state index in [1.54, 1.807) is 12.1 Å². The predicted molar refractivity (Wildman–Crippen MR) is 69.8 cm³/mol. The van der Waals surface area contributed by atoms with Crippen LogP contribution in [0.4, 0.5) is 5.69 Å². The van der Waals surface area contributed by atoms with Crippen LogP contribution in [0.25, 0.3) is 0 Å². The Morgan fingerprint density at radius 2 is 1.81 bits per heavy atom. The van der Waals surface area contributed by atoms with Gasteiger partial charge in [0.05, 0.1) is 10.7 Å². The molecule has 0 saturated heterocycles. The third-order valence-electron chi connectivity index (χ3n) is 1.95. The van der Waals surface area contributed by atoms with Gasteiger partial charge in [-0.25, -0.2) is 5.48 Å². The first-order valence-electron chi connectivity index (χ1n) is 4.68. The molecule has 2 nitrogen and oxygen atoms in total. The molecule has 0 aliphatic rings. The first-order chi connectivity index (χ1) is 7.75. The van der Waals surface area contributed by atoms with Gasteiger partial charge < -0.3 is 4.84 Å². The topological polar surface area (TPSA) is 21.3 Å². The minimum absolute atomic E-state index is 0.554. The van der Waals surface area contributed by atoms with Gasteiger partial charge in [-0.3, -0.25) is 0 Å². The maximum Gasteiger partial charge on any atom is 0.173 e. The van der Waals surface area contributed by atoms with E-state index in [-0.39, 0.29) is 0 Å². The van der Waals surface area contributed by atoms with Crippen molar-refractivity contribution in [2.45, 2.75) is 0 Å². The fourth-order valence-corrected chi connectivity index (χ4v) is 1.89. The third-order valence-corrected chi connectivity index (χ3v) is 2.74. The summed E-state index contributed by atoms with van der Waals surface area (Å²) in [5, 5.41) is 0.554. The Morgan fingerprint density at radius 3 is 2.50 bits per heavy atom. The molecule has 0 unspecified atom stereocenters. The van der Waals surface area contributed by atoms with Gasteiger partial charge in [-0.05, 0) is 30.3 Å². The van der Waals surface area contributed by atoms with Crippen molar-refractivity contribution in [1.29, 1.82) is 0 Å². The molecular weight excluding hydrogens is 289 g/mol. The lowest BCUT2D eigenvalue weighted by Crippen LogP contribution is -2.04. The molecule has 0 saturated carbocycles. The number of nitrogens with one attached hydrogen (secondary N) is 1. The van der Waals surface area contributed by atoms with Gasteiger partial charge in [0.15, 0.2) is 5.75 Å². The van der Waals surface area contributed by atoms with Gasteiger partial charge in [-0.2, -0.15) is 0 Å². The highest BCUT2D eigenvalue weighted by Crippen LogP contribution is 2.27. The maximum absolute atomic E-state index is 6.00. The molecule has 2 rings (SSSR count). The summed E-state index contributed by atoms with van der Waals surface area (Å²) in [4.78, 5) is 5.38. The molecule has 1 N–H and O–H groups in total. The van der Waals surface area contributed by atoms with Gasteiger partial charge in [0.2, 0.25) is 0 Å². The minimum atomic E-state index is 0.554. The number of anilines is 1. The molecule has 0 aliphatic carbocycles. The zero-order valence-corrected chi connectivity index (χ0v) is 10.6. The van der Waals surface area contributed by atoms with E-state index in [1.807, 2.05) is 36.4 Å². The lowest BCUT2D eigenvalue weighted by Gasteiger charge is -2.09. The van der Waals surface area contributed by atoms with Crippen LogP contribution in [0.5, 0.6) is 5.75 Å². The van der Waals surface area contributed by atoms with Crippen LogP contribution in [0.15, 0.2) is 53.0 Å².